The maximum Gasteiger partial charge on any atom is 0.262 e. The van der Waals surface area contributed by atoms with Crippen molar-refractivity contribution in [1.82, 2.24) is 5.32 Å². The van der Waals surface area contributed by atoms with Gasteiger partial charge in [-0.15, -0.1) is 0 Å². The van der Waals surface area contributed by atoms with Crippen LogP contribution in [-0.2, 0) is 4.79 Å². The lowest BCUT2D eigenvalue weighted by molar-refractivity contribution is -0.117. The fourth-order valence-corrected chi connectivity index (χ4v) is 2.63. The van der Waals surface area contributed by atoms with E-state index < -0.39 is 0 Å². The molecule has 0 aliphatic heterocycles. The summed E-state index contributed by atoms with van der Waals surface area (Å²) >= 11 is 3.41. The number of hydrogen-bond acceptors (Lipinski definition) is 2. The van der Waals surface area contributed by atoms with E-state index in [4.69, 9.17) is 5.26 Å². The van der Waals surface area contributed by atoms with Crippen LogP contribution < -0.4 is 5.32 Å². The normalized spacial score (nSPS) is 16.1. The van der Waals surface area contributed by atoms with Crippen molar-refractivity contribution in [2.24, 2.45) is 0 Å². The van der Waals surface area contributed by atoms with Crippen LogP contribution in [0.2, 0.25) is 0 Å². The molecule has 1 N–H and O–H groups in total. The highest BCUT2D eigenvalue weighted by atomic mass is 79.9. The van der Waals surface area contributed by atoms with Crippen LogP contribution in [-0.4, -0.2) is 11.9 Å². The first-order chi connectivity index (χ1) is 9.20. The summed E-state index contributed by atoms with van der Waals surface area (Å²) < 4.78 is 0.872. The molecule has 2 rings (SSSR count). The Labute approximate surface area is 121 Å². The molecule has 19 heavy (non-hydrogen) atoms. The third-order valence-corrected chi connectivity index (χ3v) is 3.98. The summed E-state index contributed by atoms with van der Waals surface area (Å²) in [7, 11) is 0. The predicted octanol–water partition coefficient (Wildman–Crippen LogP) is 3.41. The zero-order valence-corrected chi connectivity index (χ0v) is 12.1. The quantitative estimate of drug-likeness (QED) is 0.685. The van der Waals surface area contributed by atoms with E-state index in [0.29, 0.717) is 0 Å². The summed E-state index contributed by atoms with van der Waals surface area (Å²) in [5.74, 6) is -0.273. The molecule has 0 unspecified atom stereocenters. The molecular weight excluding hydrogens is 304 g/mol. The van der Waals surface area contributed by atoms with E-state index in [0.717, 1.165) is 35.7 Å². The zero-order valence-electron chi connectivity index (χ0n) is 10.5. The molecule has 0 atom stereocenters. The summed E-state index contributed by atoms with van der Waals surface area (Å²) in [6.07, 6.45) is 5.95. The predicted molar refractivity (Wildman–Crippen MR) is 78.1 cm³/mol. The SMILES string of the molecule is N#C/C(=C\c1ccccc1Br)C(=O)NC1CCCC1. The molecule has 3 nitrogen and oxygen atoms in total. The van der Waals surface area contributed by atoms with Gasteiger partial charge in [0.1, 0.15) is 11.6 Å². The summed E-state index contributed by atoms with van der Waals surface area (Å²) in [6, 6.07) is 9.73. The first-order valence-corrected chi connectivity index (χ1v) is 7.17. The Kier molecular flexibility index (Phi) is 4.75. The largest absolute Gasteiger partial charge is 0.349 e. The maximum atomic E-state index is 12.0. The standard InChI is InChI=1S/C15H15BrN2O/c16-14-8-4-1-5-11(14)9-12(10-17)15(19)18-13-6-2-3-7-13/h1,4-5,8-9,13H,2-3,6-7H2,(H,18,19)/b12-9+. The highest BCUT2D eigenvalue weighted by Gasteiger charge is 2.19. The van der Waals surface area contributed by atoms with Crippen LogP contribution in [0.25, 0.3) is 6.08 Å². The average molecular weight is 319 g/mol. The second-order valence-corrected chi connectivity index (χ2v) is 5.50. The van der Waals surface area contributed by atoms with Crippen LogP contribution in [0.5, 0.6) is 0 Å². The highest BCUT2D eigenvalue weighted by molar-refractivity contribution is 9.10. The Hall–Kier alpha value is -1.60. The molecule has 1 aliphatic rings. The van der Waals surface area contributed by atoms with Crippen LogP contribution in [0, 0.1) is 11.3 Å². The van der Waals surface area contributed by atoms with E-state index in [2.05, 4.69) is 21.2 Å². The Morgan fingerprint density at radius 3 is 2.68 bits per heavy atom. The van der Waals surface area contributed by atoms with E-state index in [9.17, 15) is 4.79 Å². The minimum Gasteiger partial charge on any atom is -0.349 e. The van der Waals surface area contributed by atoms with Gasteiger partial charge in [-0.05, 0) is 30.5 Å². The smallest absolute Gasteiger partial charge is 0.262 e. The topological polar surface area (TPSA) is 52.9 Å². The number of carbonyl (C=O) groups excluding carboxylic acids is 1. The molecule has 1 aromatic carbocycles. The molecule has 1 aliphatic carbocycles. The highest BCUT2D eigenvalue weighted by Crippen LogP contribution is 2.20. The molecule has 1 aromatic rings. The summed E-state index contributed by atoms with van der Waals surface area (Å²) in [4.78, 5) is 12.0. The van der Waals surface area contributed by atoms with Crippen LogP contribution in [0.1, 0.15) is 31.2 Å². The summed E-state index contributed by atoms with van der Waals surface area (Å²) in [6.45, 7) is 0. The molecule has 0 radical (unpaired) electrons. The Morgan fingerprint density at radius 1 is 1.37 bits per heavy atom. The Balaban J connectivity index is 2.13. The first-order valence-electron chi connectivity index (χ1n) is 6.38. The number of nitrogens with one attached hydrogen (secondary N) is 1. The van der Waals surface area contributed by atoms with E-state index >= 15 is 0 Å². The van der Waals surface area contributed by atoms with Crippen molar-refractivity contribution in [1.29, 1.82) is 5.26 Å². The van der Waals surface area contributed by atoms with Crippen molar-refractivity contribution in [2.75, 3.05) is 0 Å². The molecule has 0 bridgehead atoms. The van der Waals surface area contributed by atoms with Crippen molar-refractivity contribution in [3.8, 4) is 6.07 Å². The number of benzene rings is 1. The number of amides is 1. The van der Waals surface area contributed by atoms with Gasteiger partial charge >= 0.3 is 0 Å². The van der Waals surface area contributed by atoms with Gasteiger partial charge in [0.05, 0.1) is 0 Å². The molecule has 1 fully saturated rings. The van der Waals surface area contributed by atoms with Crippen molar-refractivity contribution >= 4 is 27.9 Å². The van der Waals surface area contributed by atoms with Gasteiger partial charge < -0.3 is 5.32 Å². The second-order valence-electron chi connectivity index (χ2n) is 4.65. The summed E-state index contributed by atoms with van der Waals surface area (Å²) in [5, 5.41) is 12.1. The van der Waals surface area contributed by atoms with E-state index in [1.54, 1.807) is 6.08 Å². The number of rotatable bonds is 3. The van der Waals surface area contributed by atoms with Crippen LogP contribution >= 0.6 is 15.9 Å². The van der Waals surface area contributed by atoms with Gasteiger partial charge in [-0.2, -0.15) is 5.26 Å². The molecule has 0 aromatic heterocycles. The lowest BCUT2D eigenvalue weighted by Gasteiger charge is -2.11. The molecular formula is C15H15BrN2O. The number of nitriles is 1. The van der Waals surface area contributed by atoms with Crippen LogP contribution in [0.15, 0.2) is 34.3 Å². The fourth-order valence-electron chi connectivity index (χ4n) is 2.23. The number of halogens is 1. The van der Waals surface area contributed by atoms with Crippen molar-refractivity contribution in [2.45, 2.75) is 31.7 Å². The van der Waals surface area contributed by atoms with E-state index in [-0.39, 0.29) is 17.5 Å². The van der Waals surface area contributed by atoms with Gasteiger partial charge in [0, 0.05) is 10.5 Å². The molecule has 0 saturated heterocycles. The first kappa shape index (κ1) is 13.8. The minimum atomic E-state index is -0.273. The minimum absolute atomic E-state index is 0.152. The summed E-state index contributed by atoms with van der Waals surface area (Å²) in [5.41, 5.74) is 0.986. The molecule has 1 saturated carbocycles. The molecule has 0 spiro atoms. The zero-order chi connectivity index (χ0) is 13.7. The van der Waals surface area contributed by atoms with Crippen LogP contribution in [0.4, 0.5) is 0 Å². The van der Waals surface area contributed by atoms with E-state index in [1.807, 2.05) is 30.3 Å². The average Bonchev–Trinajstić information content (AvgIpc) is 2.90. The van der Waals surface area contributed by atoms with Gasteiger partial charge in [-0.25, -0.2) is 0 Å². The number of hydrogen-bond donors (Lipinski definition) is 1. The third-order valence-electron chi connectivity index (χ3n) is 3.26. The lowest BCUT2D eigenvalue weighted by atomic mass is 10.1. The molecule has 1 amide bonds. The van der Waals surface area contributed by atoms with E-state index in [1.165, 1.54) is 0 Å². The molecule has 0 heterocycles. The Morgan fingerprint density at radius 2 is 2.05 bits per heavy atom. The third kappa shape index (κ3) is 3.68. The van der Waals surface area contributed by atoms with Crippen molar-refractivity contribution in [3.05, 3.63) is 39.9 Å². The number of nitrogens with zero attached hydrogens (tertiary/aromatic N) is 1. The van der Waals surface area contributed by atoms with Gasteiger partial charge in [-0.3, -0.25) is 4.79 Å². The number of carbonyl (C=O) groups is 1. The van der Waals surface area contributed by atoms with Crippen molar-refractivity contribution in [3.63, 3.8) is 0 Å². The second kappa shape index (κ2) is 6.53. The monoisotopic (exact) mass is 318 g/mol. The Bertz CT molecular complexity index is 539. The van der Waals surface area contributed by atoms with Crippen molar-refractivity contribution < 1.29 is 4.79 Å². The van der Waals surface area contributed by atoms with Crippen LogP contribution in [0.3, 0.4) is 0 Å². The molecule has 4 heteroatoms. The van der Waals surface area contributed by atoms with Gasteiger partial charge in [0.25, 0.3) is 5.91 Å². The maximum absolute atomic E-state index is 12.0. The van der Waals surface area contributed by atoms with Gasteiger partial charge in [-0.1, -0.05) is 47.0 Å². The van der Waals surface area contributed by atoms with Gasteiger partial charge in [0.2, 0.25) is 0 Å². The van der Waals surface area contributed by atoms with Gasteiger partial charge in [0.15, 0.2) is 0 Å². The molecule has 98 valence electrons. The fraction of sp³-hybridized carbons (Fsp3) is 0.333. The lowest BCUT2D eigenvalue weighted by Crippen LogP contribution is -2.33.